The summed E-state index contributed by atoms with van der Waals surface area (Å²) in [7, 11) is 0. The number of benzene rings is 2. The minimum absolute atomic E-state index is 0. The maximum Gasteiger partial charge on any atom is 0.285 e. The molecule has 3 heterocycles. The van der Waals surface area contributed by atoms with Crippen LogP contribution in [0.1, 0.15) is 34.5 Å². The molecule has 34 heavy (non-hydrogen) atoms. The summed E-state index contributed by atoms with van der Waals surface area (Å²) in [6.45, 7) is 5.13. The largest absolute Gasteiger partial charge is 0.458 e. The normalized spacial score (nSPS) is 14.3. The lowest BCUT2D eigenvalue weighted by Gasteiger charge is -2.36. The van der Waals surface area contributed by atoms with Crippen molar-refractivity contribution in [3.8, 4) is 6.07 Å². The maximum atomic E-state index is 11.5. The number of piperazine rings is 1. The zero-order valence-electron chi connectivity index (χ0n) is 18.9. The first-order valence-corrected chi connectivity index (χ1v) is 11.4. The molecule has 2 aromatic heterocycles. The van der Waals surface area contributed by atoms with Crippen molar-refractivity contribution in [3.05, 3.63) is 65.7 Å². The predicted molar refractivity (Wildman–Crippen MR) is 137 cm³/mol. The standard InChI is InChI=1S/C26H27N5O2.ClH/c27-15-18-4-7-24-23(13-18)19(16-29-24)3-1-2-8-30-9-11-31(12-10-30)21-5-6-22-20(14-21)17-33-25(22)26(28)32;/h4-7,13-14,16-17,29H,1-3,8-12H2,(H2,28,32);1H. The first kappa shape index (κ1) is 23.7. The van der Waals surface area contributed by atoms with Crippen molar-refractivity contribution in [2.24, 2.45) is 5.73 Å². The monoisotopic (exact) mass is 477 g/mol. The fourth-order valence-electron chi connectivity index (χ4n) is 4.76. The zero-order valence-corrected chi connectivity index (χ0v) is 19.7. The number of hydrogen-bond donors (Lipinski definition) is 2. The van der Waals surface area contributed by atoms with Gasteiger partial charge >= 0.3 is 0 Å². The van der Waals surface area contributed by atoms with E-state index in [2.05, 4.69) is 33.1 Å². The van der Waals surface area contributed by atoms with Crippen LogP contribution in [0, 0.1) is 11.3 Å². The van der Waals surface area contributed by atoms with E-state index >= 15 is 0 Å². The fraction of sp³-hybridized carbons (Fsp3) is 0.308. The molecule has 0 spiro atoms. The van der Waals surface area contributed by atoms with E-state index in [-0.39, 0.29) is 18.2 Å². The van der Waals surface area contributed by atoms with Gasteiger partial charge in [-0.1, -0.05) is 0 Å². The number of H-pyrrole nitrogens is 1. The molecule has 4 aromatic rings. The van der Waals surface area contributed by atoms with Gasteiger partial charge in [-0.3, -0.25) is 9.69 Å². The molecule has 7 nitrogen and oxygen atoms in total. The quantitative estimate of drug-likeness (QED) is 0.383. The van der Waals surface area contributed by atoms with E-state index in [4.69, 9.17) is 15.4 Å². The lowest BCUT2D eigenvalue weighted by atomic mass is 10.0. The summed E-state index contributed by atoms with van der Waals surface area (Å²) < 4.78 is 5.34. The molecular weight excluding hydrogens is 450 g/mol. The van der Waals surface area contributed by atoms with Crippen molar-refractivity contribution in [1.82, 2.24) is 9.88 Å². The minimum atomic E-state index is -0.539. The Hall–Kier alpha value is -3.47. The number of nitriles is 1. The molecular formula is C26H28ClN5O2. The number of nitrogens with two attached hydrogens (primary N) is 1. The summed E-state index contributed by atoms with van der Waals surface area (Å²) in [6.07, 6.45) is 6.98. The number of nitrogens with one attached hydrogen (secondary N) is 1. The molecule has 0 atom stereocenters. The lowest BCUT2D eigenvalue weighted by molar-refractivity contribution is 0.0976. The molecule has 1 amide bonds. The number of fused-ring (bicyclic) bond motifs is 2. The molecule has 1 fully saturated rings. The Balaban J connectivity index is 0.00000274. The molecule has 1 saturated heterocycles. The van der Waals surface area contributed by atoms with Crippen LogP contribution < -0.4 is 10.6 Å². The van der Waals surface area contributed by atoms with Crippen LogP contribution in [-0.4, -0.2) is 48.5 Å². The highest BCUT2D eigenvalue weighted by molar-refractivity contribution is 6.04. The third-order valence-electron chi connectivity index (χ3n) is 6.61. The Morgan fingerprint density at radius 2 is 1.91 bits per heavy atom. The van der Waals surface area contributed by atoms with Crippen LogP contribution in [-0.2, 0) is 6.42 Å². The highest BCUT2D eigenvalue weighted by atomic mass is 35.5. The van der Waals surface area contributed by atoms with E-state index in [1.807, 2.05) is 30.3 Å². The third kappa shape index (κ3) is 4.74. The number of nitrogens with zero attached hydrogens (tertiary/aromatic N) is 3. The second kappa shape index (κ2) is 10.2. The van der Waals surface area contributed by atoms with Crippen molar-refractivity contribution in [1.29, 1.82) is 5.26 Å². The summed E-state index contributed by atoms with van der Waals surface area (Å²) in [6, 6.07) is 14.1. The van der Waals surface area contributed by atoms with Gasteiger partial charge in [0.15, 0.2) is 5.76 Å². The topological polar surface area (TPSA) is 102 Å². The minimum Gasteiger partial charge on any atom is -0.458 e. The van der Waals surface area contributed by atoms with E-state index < -0.39 is 5.91 Å². The fourth-order valence-corrected chi connectivity index (χ4v) is 4.76. The molecule has 8 heteroatoms. The second-order valence-corrected chi connectivity index (χ2v) is 8.67. The van der Waals surface area contributed by atoms with Gasteiger partial charge < -0.3 is 20.0 Å². The Bertz CT molecular complexity index is 1340. The van der Waals surface area contributed by atoms with E-state index in [0.717, 1.165) is 74.0 Å². The number of aromatic amines is 1. The highest BCUT2D eigenvalue weighted by Crippen LogP contribution is 2.27. The van der Waals surface area contributed by atoms with Gasteiger partial charge in [0, 0.05) is 59.7 Å². The smallest absolute Gasteiger partial charge is 0.285 e. The number of aromatic nitrogens is 1. The van der Waals surface area contributed by atoms with Crippen LogP contribution in [0.25, 0.3) is 21.7 Å². The van der Waals surface area contributed by atoms with Gasteiger partial charge in [-0.05, 0) is 67.8 Å². The number of rotatable bonds is 7. The van der Waals surface area contributed by atoms with E-state index in [9.17, 15) is 4.79 Å². The van der Waals surface area contributed by atoms with Crippen molar-refractivity contribution in [2.45, 2.75) is 19.3 Å². The molecule has 0 radical (unpaired) electrons. The van der Waals surface area contributed by atoms with Crippen molar-refractivity contribution >= 4 is 45.7 Å². The van der Waals surface area contributed by atoms with E-state index in [1.54, 1.807) is 6.26 Å². The van der Waals surface area contributed by atoms with Gasteiger partial charge in [0.05, 0.1) is 17.9 Å². The van der Waals surface area contributed by atoms with Gasteiger partial charge in [-0.2, -0.15) is 5.26 Å². The molecule has 3 N–H and O–H groups in total. The Morgan fingerprint density at radius 1 is 1.09 bits per heavy atom. The molecule has 0 bridgehead atoms. The molecule has 0 unspecified atom stereocenters. The number of aryl methyl sites for hydroxylation is 1. The first-order chi connectivity index (χ1) is 16.1. The number of furan rings is 1. The predicted octanol–water partition coefficient (Wildman–Crippen LogP) is 4.45. The summed E-state index contributed by atoms with van der Waals surface area (Å²) in [5.74, 6) is -0.317. The van der Waals surface area contributed by atoms with Gasteiger partial charge in [0.25, 0.3) is 5.91 Å². The van der Waals surface area contributed by atoms with Gasteiger partial charge in [-0.15, -0.1) is 12.4 Å². The molecule has 1 aliphatic rings. The average Bonchev–Trinajstić information content (AvgIpc) is 3.45. The van der Waals surface area contributed by atoms with E-state index in [0.29, 0.717) is 5.56 Å². The molecule has 0 aliphatic carbocycles. The van der Waals surface area contributed by atoms with E-state index in [1.165, 1.54) is 10.9 Å². The Morgan fingerprint density at radius 3 is 2.68 bits per heavy atom. The maximum absolute atomic E-state index is 11.5. The number of halogens is 1. The second-order valence-electron chi connectivity index (χ2n) is 8.67. The van der Waals surface area contributed by atoms with Crippen LogP contribution in [0.5, 0.6) is 0 Å². The van der Waals surface area contributed by atoms with Crippen molar-refractivity contribution < 1.29 is 9.21 Å². The Labute approximate surface area is 204 Å². The number of unbranched alkanes of at least 4 members (excludes halogenated alkanes) is 1. The summed E-state index contributed by atoms with van der Waals surface area (Å²) in [4.78, 5) is 19.7. The number of anilines is 1. The molecule has 1 aliphatic heterocycles. The van der Waals surface area contributed by atoms with Crippen LogP contribution in [0.15, 0.2) is 53.3 Å². The molecule has 0 saturated carbocycles. The molecule has 176 valence electrons. The number of carbonyl (C=O) groups is 1. The van der Waals surface area contributed by atoms with Gasteiger partial charge in [-0.25, -0.2) is 0 Å². The van der Waals surface area contributed by atoms with Crippen LogP contribution in [0.4, 0.5) is 5.69 Å². The number of amides is 1. The number of hydrogen-bond acceptors (Lipinski definition) is 5. The van der Waals surface area contributed by atoms with Crippen LogP contribution >= 0.6 is 12.4 Å². The Kier molecular flexibility index (Phi) is 7.11. The summed E-state index contributed by atoms with van der Waals surface area (Å²) in [5.41, 5.74) is 9.62. The number of primary amides is 1. The zero-order chi connectivity index (χ0) is 22.8. The summed E-state index contributed by atoms with van der Waals surface area (Å²) in [5, 5.41) is 12.0. The third-order valence-corrected chi connectivity index (χ3v) is 6.61. The molecule has 5 rings (SSSR count). The first-order valence-electron chi connectivity index (χ1n) is 11.4. The van der Waals surface area contributed by atoms with Crippen molar-refractivity contribution in [2.75, 3.05) is 37.6 Å². The number of carbonyl (C=O) groups excluding carboxylic acids is 1. The summed E-state index contributed by atoms with van der Waals surface area (Å²) >= 11 is 0. The lowest BCUT2D eigenvalue weighted by Crippen LogP contribution is -2.46. The SMILES string of the molecule is Cl.N#Cc1ccc2[nH]cc(CCCCN3CCN(c4ccc5c(C(N)=O)occ5c4)CC3)c2c1. The average molecular weight is 478 g/mol. The van der Waals surface area contributed by atoms with Crippen LogP contribution in [0.2, 0.25) is 0 Å². The van der Waals surface area contributed by atoms with Gasteiger partial charge in [0.1, 0.15) is 0 Å². The van der Waals surface area contributed by atoms with Gasteiger partial charge in [0.2, 0.25) is 0 Å². The highest BCUT2D eigenvalue weighted by Gasteiger charge is 2.18. The van der Waals surface area contributed by atoms with Crippen LogP contribution in [0.3, 0.4) is 0 Å². The van der Waals surface area contributed by atoms with Crippen molar-refractivity contribution in [3.63, 3.8) is 0 Å². The molecule has 2 aromatic carbocycles.